The van der Waals surface area contributed by atoms with Crippen LogP contribution in [0.3, 0.4) is 0 Å². The number of aromatic nitrogens is 3. The number of halogens is 2. The zero-order chi connectivity index (χ0) is 36.8. The molecular formula is C37H37FIN5O6S. The van der Waals surface area contributed by atoms with E-state index in [4.69, 9.17) is 9.47 Å². The van der Waals surface area contributed by atoms with Gasteiger partial charge in [-0.05, 0) is 104 Å². The number of rotatable bonds is 8. The number of ether oxygens (including phenoxy) is 2. The molecule has 51 heavy (non-hydrogen) atoms. The van der Waals surface area contributed by atoms with E-state index in [0.717, 1.165) is 14.0 Å². The Morgan fingerprint density at radius 3 is 2.37 bits per heavy atom. The van der Waals surface area contributed by atoms with Gasteiger partial charge in [0.15, 0.2) is 0 Å². The summed E-state index contributed by atoms with van der Waals surface area (Å²) in [6.07, 6.45) is -0.343. The molecule has 266 valence electrons. The maximum Gasteiger partial charge on any atom is 0.410 e. The number of aryl methyl sites for hydroxylation is 1. The van der Waals surface area contributed by atoms with Gasteiger partial charge >= 0.3 is 11.8 Å². The minimum Gasteiger partial charge on any atom is -0.497 e. The lowest BCUT2D eigenvalue weighted by Crippen LogP contribution is -2.53. The molecule has 2 aromatic heterocycles. The number of pyridine rings is 1. The molecule has 0 saturated carbocycles. The molecule has 3 heterocycles. The lowest BCUT2D eigenvalue weighted by Gasteiger charge is -2.39. The Kier molecular flexibility index (Phi) is 10.1. The van der Waals surface area contributed by atoms with Crippen molar-refractivity contribution in [3.63, 3.8) is 0 Å². The SMILES string of the molecule is COc1ccc(Cn2c(=O)c3c(Nc4cccc(SC5CN(C(=O)OC(C)(C)C)C5)c4)c(C)c(=O)n(C)c3n(-c3ccc(I)cc3F)c2=O)cc1. The first-order valence-electron chi connectivity index (χ1n) is 16.1. The van der Waals surface area contributed by atoms with E-state index in [1.807, 2.05) is 67.6 Å². The summed E-state index contributed by atoms with van der Waals surface area (Å²) < 4.78 is 30.4. The first kappa shape index (κ1) is 36.2. The van der Waals surface area contributed by atoms with Crippen LogP contribution in [0.25, 0.3) is 16.7 Å². The topological polar surface area (TPSA) is 117 Å². The Labute approximate surface area is 311 Å². The monoisotopic (exact) mass is 825 g/mol. The Morgan fingerprint density at radius 2 is 1.73 bits per heavy atom. The molecule has 1 aliphatic heterocycles. The molecule has 3 aromatic carbocycles. The number of carbonyl (C=O) groups excluding carboxylic acids is 1. The standard InChI is InChI=1S/C37H37FIN5O6S/c1-21-31(40-24-8-7-9-26(17-24)51-27-19-42(20-27)36(48)50-37(2,3)4)30-32(41(5)33(21)45)44(29-15-12-23(39)16-28(29)38)35(47)43(34(30)46)18-22-10-13-25(49-6)14-11-22/h7-17,27,40H,18-20H2,1-6H3. The largest absolute Gasteiger partial charge is 0.497 e. The first-order chi connectivity index (χ1) is 24.1. The Morgan fingerprint density at radius 1 is 1.02 bits per heavy atom. The van der Waals surface area contributed by atoms with Crippen molar-refractivity contribution >= 4 is 62.9 Å². The number of benzene rings is 3. The van der Waals surface area contributed by atoms with Gasteiger partial charge in [-0.1, -0.05) is 18.2 Å². The van der Waals surface area contributed by atoms with Crippen LogP contribution in [0.15, 0.2) is 86.0 Å². The van der Waals surface area contributed by atoms with E-state index in [1.54, 1.807) is 61.0 Å². The molecule has 11 nitrogen and oxygen atoms in total. The van der Waals surface area contributed by atoms with Gasteiger partial charge in [-0.3, -0.25) is 18.7 Å². The average molecular weight is 826 g/mol. The number of fused-ring (bicyclic) bond motifs is 1. The third-order valence-corrected chi connectivity index (χ3v) is 10.3. The van der Waals surface area contributed by atoms with Crippen LogP contribution < -0.4 is 26.9 Å². The summed E-state index contributed by atoms with van der Waals surface area (Å²) >= 11 is 3.58. The molecule has 1 fully saturated rings. The zero-order valence-corrected chi connectivity index (χ0v) is 31.9. The fourth-order valence-corrected chi connectivity index (χ4v) is 7.58. The third kappa shape index (κ3) is 7.42. The molecule has 6 rings (SSSR count). The molecule has 0 unspecified atom stereocenters. The second-order valence-corrected chi connectivity index (χ2v) is 15.9. The molecule has 0 aliphatic carbocycles. The minimum atomic E-state index is -0.799. The number of anilines is 2. The lowest BCUT2D eigenvalue weighted by atomic mass is 10.1. The highest BCUT2D eigenvalue weighted by Crippen LogP contribution is 2.34. The highest BCUT2D eigenvalue weighted by Gasteiger charge is 2.34. The number of nitrogens with zero attached hydrogens (tertiary/aromatic N) is 4. The summed E-state index contributed by atoms with van der Waals surface area (Å²) in [5, 5.41) is 3.51. The number of nitrogens with one attached hydrogen (secondary N) is 1. The lowest BCUT2D eigenvalue weighted by molar-refractivity contribution is 0.0144. The molecule has 0 radical (unpaired) electrons. The minimum absolute atomic E-state index is 0.0450. The molecule has 1 aliphatic rings. The van der Waals surface area contributed by atoms with Gasteiger partial charge in [0.05, 0.1) is 25.0 Å². The number of thioether (sulfide) groups is 1. The van der Waals surface area contributed by atoms with Gasteiger partial charge < -0.3 is 19.7 Å². The van der Waals surface area contributed by atoms with E-state index in [9.17, 15) is 19.2 Å². The smallest absolute Gasteiger partial charge is 0.410 e. The van der Waals surface area contributed by atoms with Gasteiger partial charge in [0, 0.05) is 45.1 Å². The number of amides is 1. The quantitative estimate of drug-likeness (QED) is 0.179. The number of hydrogen-bond donors (Lipinski definition) is 1. The van der Waals surface area contributed by atoms with Crippen LogP contribution in [0, 0.1) is 16.3 Å². The van der Waals surface area contributed by atoms with Crippen LogP contribution >= 0.6 is 34.4 Å². The zero-order valence-electron chi connectivity index (χ0n) is 29.0. The van der Waals surface area contributed by atoms with Crippen molar-refractivity contribution in [2.24, 2.45) is 7.05 Å². The summed E-state index contributed by atoms with van der Waals surface area (Å²) in [5.74, 6) is -0.0772. The van der Waals surface area contributed by atoms with Crippen molar-refractivity contribution < 1.29 is 18.7 Å². The summed E-state index contributed by atoms with van der Waals surface area (Å²) in [6.45, 7) is 8.07. The number of hydrogen-bond acceptors (Lipinski definition) is 8. The maximum absolute atomic E-state index is 15.7. The van der Waals surface area contributed by atoms with Gasteiger partial charge in [0.25, 0.3) is 11.1 Å². The van der Waals surface area contributed by atoms with Crippen LogP contribution in [0.5, 0.6) is 5.75 Å². The number of carbonyl (C=O) groups is 1. The van der Waals surface area contributed by atoms with E-state index in [2.05, 4.69) is 5.32 Å². The van der Waals surface area contributed by atoms with E-state index < -0.39 is 28.2 Å². The molecule has 0 spiro atoms. The summed E-state index contributed by atoms with van der Waals surface area (Å²) in [6, 6.07) is 18.8. The molecule has 14 heteroatoms. The number of likely N-dealkylation sites (tertiary alicyclic amines) is 1. The van der Waals surface area contributed by atoms with Crippen LogP contribution in [0.2, 0.25) is 0 Å². The summed E-state index contributed by atoms with van der Waals surface area (Å²) in [5.41, 5.74) is -0.917. The Bertz CT molecular complexity index is 2340. The van der Waals surface area contributed by atoms with E-state index >= 15 is 4.39 Å². The molecule has 5 aromatic rings. The fraction of sp³-hybridized carbons (Fsp3) is 0.297. The van der Waals surface area contributed by atoms with Crippen LogP contribution in [-0.4, -0.2) is 55.7 Å². The van der Waals surface area contributed by atoms with Gasteiger partial charge in [-0.2, -0.15) is 0 Å². The van der Waals surface area contributed by atoms with Crippen LogP contribution in [0.4, 0.5) is 20.6 Å². The van der Waals surface area contributed by atoms with Crippen molar-refractivity contribution in [3.05, 3.63) is 118 Å². The normalized spacial score (nSPS) is 13.3. The predicted molar refractivity (Wildman–Crippen MR) is 206 cm³/mol. The molecular weight excluding hydrogens is 788 g/mol. The third-order valence-electron chi connectivity index (χ3n) is 8.44. The average Bonchev–Trinajstić information content (AvgIpc) is 3.05. The summed E-state index contributed by atoms with van der Waals surface area (Å²) in [7, 11) is 3.01. The van der Waals surface area contributed by atoms with Gasteiger partial charge in [-0.25, -0.2) is 18.5 Å². The molecule has 0 atom stereocenters. The molecule has 1 N–H and O–H groups in total. The van der Waals surface area contributed by atoms with Crippen molar-refractivity contribution in [3.8, 4) is 11.4 Å². The van der Waals surface area contributed by atoms with E-state index in [0.29, 0.717) is 33.7 Å². The van der Waals surface area contributed by atoms with Crippen molar-refractivity contribution in [2.75, 3.05) is 25.5 Å². The highest BCUT2D eigenvalue weighted by molar-refractivity contribution is 14.1. The van der Waals surface area contributed by atoms with Crippen molar-refractivity contribution in [1.29, 1.82) is 0 Å². The molecule has 1 saturated heterocycles. The molecule has 0 bridgehead atoms. The fourth-order valence-electron chi connectivity index (χ4n) is 5.88. The van der Waals surface area contributed by atoms with Gasteiger partial charge in [-0.15, -0.1) is 11.8 Å². The van der Waals surface area contributed by atoms with Crippen molar-refractivity contribution in [2.45, 2.75) is 50.0 Å². The first-order valence-corrected chi connectivity index (χ1v) is 18.1. The van der Waals surface area contributed by atoms with Crippen LogP contribution in [0.1, 0.15) is 31.9 Å². The van der Waals surface area contributed by atoms with E-state index in [-0.39, 0.29) is 45.9 Å². The maximum atomic E-state index is 15.7. The highest BCUT2D eigenvalue weighted by atomic mass is 127. The van der Waals surface area contributed by atoms with Gasteiger partial charge in [0.1, 0.15) is 28.2 Å². The van der Waals surface area contributed by atoms with Crippen molar-refractivity contribution in [1.82, 2.24) is 18.6 Å². The van der Waals surface area contributed by atoms with E-state index in [1.165, 1.54) is 23.7 Å². The Hall–Kier alpha value is -4.57. The second kappa shape index (κ2) is 14.2. The number of methoxy groups -OCH3 is 1. The predicted octanol–water partition coefficient (Wildman–Crippen LogP) is 6.42. The second-order valence-electron chi connectivity index (χ2n) is 13.3. The van der Waals surface area contributed by atoms with Crippen LogP contribution in [-0.2, 0) is 18.3 Å². The molecule has 1 amide bonds. The van der Waals surface area contributed by atoms with Gasteiger partial charge in [0.2, 0.25) is 0 Å². The Balaban J connectivity index is 1.45. The summed E-state index contributed by atoms with van der Waals surface area (Å²) in [4.78, 5) is 57.5.